The standard InChI is InChI=1S/C25H26N4O4/c30-16-24(31)28-22-13-19(12-21(15-22)27-20-4-2-1-3-5-20)18-6-9-26-23(14-18)29-25(32)17-7-10-33-11-8-17/h1-6,9,12-15,17,27,30H,7-8,10-11,16H2,(H,28,31)(H,26,29,32). The lowest BCUT2D eigenvalue weighted by atomic mass is 9.99. The molecule has 1 aliphatic rings. The number of amides is 2. The molecule has 0 spiro atoms. The van der Waals surface area contributed by atoms with Gasteiger partial charge in [0.05, 0.1) is 0 Å². The Bertz CT molecular complexity index is 1110. The van der Waals surface area contributed by atoms with Crippen LogP contribution in [0.1, 0.15) is 12.8 Å². The average molecular weight is 447 g/mol. The summed E-state index contributed by atoms with van der Waals surface area (Å²) in [6.07, 6.45) is 3.04. The third-order valence-corrected chi connectivity index (χ3v) is 5.36. The lowest BCUT2D eigenvalue weighted by molar-refractivity contribution is -0.122. The first-order valence-corrected chi connectivity index (χ1v) is 10.8. The van der Waals surface area contributed by atoms with Crippen molar-refractivity contribution in [3.8, 4) is 11.1 Å². The van der Waals surface area contributed by atoms with Crippen LogP contribution in [0.25, 0.3) is 11.1 Å². The lowest BCUT2D eigenvalue weighted by Crippen LogP contribution is -2.28. The first kappa shape index (κ1) is 22.4. The molecule has 0 atom stereocenters. The van der Waals surface area contributed by atoms with Crippen LogP contribution < -0.4 is 16.0 Å². The van der Waals surface area contributed by atoms with E-state index in [4.69, 9.17) is 9.84 Å². The van der Waals surface area contributed by atoms with Crippen LogP contribution in [0.15, 0.2) is 66.9 Å². The van der Waals surface area contributed by atoms with E-state index in [1.54, 1.807) is 18.3 Å². The largest absolute Gasteiger partial charge is 0.387 e. The zero-order chi connectivity index (χ0) is 23.0. The number of aliphatic hydroxyl groups is 1. The van der Waals surface area contributed by atoms with Crippen LogP contribution in [0.3, 0.4) is 0 Å². The van der Waals surface area contributed by atoms with Gasteiger partial charge in [0.15, 0.2) is 0 Å². The fourth-order valence-corrected chi connectivity index (χ4v) is 3.69. The van der Waals surface area contributed by atoms with Crippen LogP contribution in [0, 0.1) is 5.92 Å². The zero-order valence-electron chi connectivity index (χ0n) is 18.1. The first-order valence-electron chi connectivity index (χ1n) is 10.8. The Morgan fingerprint density at radius 3 is 2.42 bits per heavy atom. The molecule has 0 bridgehead atoms. The quantitative estimate of drug-likeness (QED) is 0.439. The summed E-state index contributed by atoms with van der Waals surface area (Å²) >= 11 is 0. The maximum Gasteiger partial charge on any atom is 0.250 e. The molecule has 170 valence electrons. The smallest absolute Gasteiger partial charge is 0.250 e. The molecular formula is C25H26N4O4. The molecule has 4 N–H and O–H groups in total. The van der Waals surface area contributed by atoms with Crippen LogP contribution in [0.2, 0.25) is 0 Å². The number of carbonyl (C=O) groups is 2. The van der Waals surface area contributed by atoms with Crippen LogP contribution in [0.4, 0.5) is 22.9 Å². The highest BCUT2D eigenvalue weighted by Crippen LogP contribution is 2.30. The van der Waals surface area contributed by atoms with Crippen LogP contribution in [-0.2, 0) is 14.3 Å². The molecule has 3 aromatic rings. The van der Waals surface area contributed by atoms with E-state index in [2.05, 4.69) is 20.9 Å². The fraction of sp³-hybridized carbons (Fsp3) is 0.240. The Morgan fingerprint density at radius 1 is 0.909 bits per heavy atom. The van der Waals surface area contributed by atoms with Gasteiger partial charge in [0.25, 0.3) is 0 Å². The Hall–Kier alpha value is -3.75. The molecule has 0 unspecified atom stereocenters. The SMILES string of the molecule is O=C(CO)Nc1cc(Nc2ccccc2)cc(-c2ccnc(NC(=O)C3CCOCC3)c2)c1. The number of anilines is 4. The summed E-state index contributed by atoms with van der Waals surface area (Å²) in [5.74, 6) is -0.176. The van der Waals surface area contributed by atoms with Gasteiger partial charge < -0.3 is 25.8 Å². The van der Waals surface area contributed by atoms with Crippen molar-refractivity contribution < 1.29 is 19.4 Å². The number of para-hydroxylation sites is 1. The van der Waals surface area contributed by atoms with Crippen molar-refractivity contribution in [2.75, 3.05) is 35.8 Å². The van der Waals surface area contributed by atoms with Crippen molar-refractivity contribution >= 4 is 34.7 Å². The third-order valence-electron chi connectivity index (χ3n) is 5.36. The van der Waals surface area contributed by atoms with Crippen molar-refractivity contribution in [1.82, 2.24) is 4.98 Å². The summed E-state index contributed by atoms with van der Waals surface area (Å²) in [4.78, 5) is 28.7. The molecule has 33 heavy (non-hydrogen) atoms. The van der Waals surface area contributed by atoms with Gasteiger partial charge in [0.2, 0.25) is 11.8 Å². The van der Waals surface area contributed by atoms with Gasteiger partial charge >= 0.3 is 0 Å². The van der Waals surface area contributed by atoms with Crippen LogP contribution in [0.5, 0.6) is 0 Å². The number of hydrogen-bond acceptors (Lipinski definition) is 6. The minimum atomic E-state index is -0.608. The minimum absolute atomic E-state index is 0.0571. The molecule has 2 amide bonds. The molecule has 1 fully saturated rings. The van der Waals surface area contributed by atoms with Gasteiger partial charge in [-0.05, 0) is 66.4 Å². The first-order chi connectivity index (χ1) is 16.1. The van der Waals surface area contributed by atoms with Crippen molar-refractivity contribution in [3.05, 3.63) is 66.9 Å². The second-order valence-electron chi connectivity index (χ2n) is 7.80. The fourth-order valence-electron chi connectivity index (χ4n) is 3.69. The van der Waals surface area contributed by atoms with E-state index in [0.717, 1.165) is 22.5 Å². The molecule has 0 aliphatic carbocycles. The van der Waals surface area contributed by atoms with E-state index < -0.39 is 12.5 Å². The van der Waals surface area contributed by atoms with Crippen molar-refractivity contribution in [1.29, 1.82) is 0 Å². The molecule has 4 rings (SSSR count). The summed E-state index contributed by atoms with van der Waals surface area (Å²) in [6.45, 7) is 0.577. The maximum absolute atomic E-state index is 12.6. The van der Waals surface area contributed by atoms with Gasteiger partial charge in [-0.15, -0.1) is 0 Å². The Balaban J connectivity index is 1.60. The topological polar surface area (TPSA) is 113 Å². The molecule has 1 saturated heterocycles. The number of nitrogens with zero attached hydrogens (tertiary/aromatic N) is 1. The van der Waals surface area contributed by atoms with Crippen molar-refractivity contribution in [3.63, 3.8) is 0 Å². The van der Waals surface area contributed by atoms with Gasteiger partial charge in [-0.3, -0.25) is 9.59 Å². The zero-order valence-corrected chi connectivity index (χ0v) is 18.1. The highest BCUT2D eigenvalue weighted by molar-refractivity contribution is 5.94. The molecule has 8 heteroatoms. The number of nitrogens with one attached hydrogen (secondary N) is 3. The number of carbonyl (C=O) groups excluding carboxylic acids is 2. The normalized spacial score (nSPS) is 13.8. The number of ether oxygens (including phenoxy) is 1. The summed E-state index contributed by atoms with van der Waals surface area (Å²) in [7, 11) is 0. The monoisotopic (exact) mass is 446 g/mol. The van der Waals surface area contributed by atoms with E-state index in [0.29, 0.717) is 37.6 Å². The molecule has 2 heterocycles. The second-order valence-corrected chi connectivity index (χ2v) is 7.80. The molecule has 8 nitrogen and oxygen atoms in total. The number of hydrogen-bond donors (Lipinski definition) is 4. The summed E-state index contributed by atoms with van der Waals surface area (Å²) in [5, 5.41) is 18.1. The van der Waals surface area contributed by atoms with E-state index >= 15 is 0 Å². The molecular weight excluding hydrogens is 420 g/mol. The number of rotatable bonds is 7. The van der Waals surface area contributed by atoms with Crippen LogP contribution in [-0.4, -0.2) is 41.7 Å². The van der Waals surface area contributed by atoms with Gasteiger partial charge in [-0.1, -0.05) is 18.2 Å². The molecule has 1 aromatic heterocycles. The predicted octanol–water partition coefficient (Wildman–Crippen LogP) is 3.79. The van der Waals surface area contributed by atoms with E-state index in [1.807, 2.05) is 48.5 Å². The van der Waals surface area contributed by atoms with E-state index in [-0.39, 0.29) is 11.8 Å². The Morgan fingerprint density at radius 2 is 1.67 bits per heavy atom. The molecule has 0 saturated carbocycles. The van der Waals surface area contributed by atoms with Crippen molar-refractivity contribution in [2.24, 2.45) is 5.92 Å². The number of aromatic nitrogens is 1. The minimum Gasteiger partial charge on any atom is -0.387 e. The molecule has 2 aromatic carbocycles. The highest BCUT2D eigenvalue weighted by Gasteiger charge is 2.22. The van der Waals surface area contributed by atoms with Gasteiger partial charge in [-0.25, -0.2) is 4.98 Å². The number of pyridine rings is 1. The maximum atomic E-state index is 12.6. The lowest BCUT2D eigenvalue weighted by Gasteiger charge is -2.21. The molecule has 1 aliphatic heterocycles. The average Bonchev–Trinajstić information content (AvgIpc) is 2.85. The second kappa shape index (κ2) is 10.7. The Labute approximate surface area is 192 Å². The predicted molar refractivity (Wildman–Crippen MR) is 127 cm³/mol. The van der Waals surface area contributed by atoms with Gasteiger partial charge in [-0.2, -0.15) is 0 Å². The summed E-state index contributed by atoms with van der Waals surface area (Å²) in [5.41, 5.74) is 3.83. The third kappa shape index (κ3) is 6.15. The van der Waals surface area contributed by atoms with Crippen LogP contribution >= 0.6 is 0 Å². The van der Waals surface area contributed by atoms with E-state index in [9.17, 15) is 9.59 Å². The van der Waals surface area contributed by atoms with E-state index in [1.165, 1.54) is 0 Å². The Kier molecular flexibility index (Phi) is 7.29. The number of benzene rings is 2. The number of aliphatic hydroxyl groups excluding tert-OH is 1. The molecule has 0 radical (unpaired) electrons. The highest BCUT2D eigenvalue weighted by atomic mass is 16.5. The van der Waals surface area contributed by atoms with Gasteiger partial charge in [0, 0.05) is 42.4 Å². The summed E-state index contributed by atoms with van der Waals surface area (Å²) in [6, 6.07) is 18.8. The van der Waals surface area contributed by atoms with Gasteiger partial charge in [0.1, 0.15) is 12.4 Å². The summed E-state index contributed by atoms with van der Waals surface area (Å²) < 4.78 is 5.33. The van der Waals surface area contributed by atoms with Crippen molar-refractivity contribution in [2.45, 2.75) is 12.8 Å².